The van der Waals surface area contributed by atoms with Crippen LogP contribution in [0.1, 0.15) is 27.4 Å². The van der Waals surface area contributed by atoms with Crippen molar-refractivity contribution < 1.29 is 13.7 Å². The summed E-state index contributed by atoms with van der Waals surface area (Å²) < 4.78 is 19.1. The average Bonchev–Trinajstić information content (AvgIpc) is 2.93. The van der Waals surface area contributed by atoms with Gasteiger partial charge in [0.1, 0.15) is 17.1 Å². The third-order valence-electron chi connectivity index (χ3n) is 3.75. The third kappa shape index (κ3) is 3.03. The molecule has 0 bridgehead atoms. The Hall–Kier alpha value is -3.02. The normalized spacial score (nSPS) is 10.6. The second-order valence-electron chi connectivity index (χ2n) is 5.39. The van der Waals surface area contributed by atoms with Crippen LogP contribution in [0.3, 0.4) is 0 Å². The number of pyridine rings is 1. The number of aryl methyl sites for hydroxylation is 2. The SMILES string of the molecule is Cc1noc(C)c1C(=O)N(Cc1ccccc1F)c1ccncc1. The quantitative estimate of drug-likeness (QED) is 0.734. The number of carbonyl (C=O) groups is 1. The van der Waals surface area contributed by atoms with Gasteiger partial charge in [-0.3, -0.25) is 9.78 Å². The first kappa shape index (κ1) is 15.9. The van der Waals surface area contributed by atoms with E-state index in [1.165, 1.54) is 11.0 Å². The highest BCUT2D eigenvalue weighted by Gasteiger charge is 2.25. The smallest absolute Gasteiger partial charge is 0.264 e. The predicted molar refractivity (Wildman–Crippen MR) is 87.1 cm³/mol. The van der Waals surface area contributed by atoms with Crippen LogP contribution < -0.4 is 4.90 Å². The number of hydrogen-bond acceptors (Lipinski definition) is 4. The number of hydrogen-bond donors (Lipinski definition) is 0. The zero-order chi connectivity index (χ0) is 17.1. The first-order valence-corrected chi connectivity index (χ1v) is 7.46. The Morgan fingerprint density at radius 3 is 2.50 bits per heavy atom. The van der Waals surface area contributed by atoms with Crippen molar-refractivity contribution in [3.8, 4) is 0 Å². The molecule has 6 heteroatoms. The highest BCUT2D eigenvalue weighted by molar-refractivity contribution is 6.07. The highest BCUT2D eigenvalue weighted by Crippen LogP contribution is 2.23. The number of amides is 1. The molecule has 2 aromatic heterocycles. The summed E-state index contributed by atoms with van der Waals surface area (Å²) in [5, 5.41) is 3.83. The van der Waals surface area contributed by atoms with E-state index in [-0.39, 0.29) is 18.3 Å². The van der Waals surface area contributed by atoms with Gasteiger partial charge in [-0.1, -0.05) is 23.4 Å². The fourth-order valence-corrected chi connectivity index (χ4v) is 2.52. The maximum Gasteiger partial charge on any atom is 0.264 e. The maximum absolute atomic E-state index is 14.0. The summed E-state index contributed by atoms with van der Waals surface area (Å²) in [7, 11) is 0. The molecule has 0 atom stereocenters. The average molecular weight is 325 g/mol. The van der Waals surface area contributed by atoms with E-state index >= 15 is 0 Å². The zero-order valence-corrected chi connectivity index (χ0v) is 13.4. The van der Waals surface area contributed by atoms with Crippen molar-refractivity contribution in [3.05, 3.63) is 77.2 Å². The van der Waals surface area contributed by atoms with Gasteiger partial charge in [-0.15, -0.1) is 0 Å². The zero-order valence-electron chi connectivity index (χ0n) is 13.4. The molecular formula is C18H16FN3O2. The van der Waals surface area contributed by atoms with E-state index in [4.69, 9.17) is 4.52 Å². The maximum atomic E-state index is 14.0. The van der Waals surface area contributed by atoms with Crippen LogP contribution in [0.2, 0.25) is 0 Å². The Balaban J connectivity index is 2.03. The van der Waals surface area contributed by atoms with Gasteiger partial charge in [-0.25, -0.2) is 4.39 Å². The molecule has 0 aliphatic heterocycles. The second-order valence-corrected chi connectivity index (χ2v) is 5.39. The standard InChI is InChI=1S/C18H16FN3O2/c1-12-17(13(2)24-21-12)18(23)22(15-7-9-20-10-8-15)11-14-5-3-4-6-16(14)19/h3-10H,11H2,1-2H3. The largest absolute Gasteiger partial charge is 0.361 e. The molecule has 0 radical (unpaired) electrons. The lowest BCUT2D eigenvalue weighted by Gasteiger charge is -2.23. The van der Waals surface area contributed by atoms with Crippen LogP contribution in [0.15, 0.2) is 53.3 Å². The second kappa shape index (κ2) is 6.62. The predicted octanol–water partition coefficient (Wildman–Crippen LogP) is 3.67. The van der Waals surface area contributed by atoms with Crippen LogP contribution in [-0.4, -0.2) is 16.0 Å². The fraction of sp³-hybridized carbons (Fsp3) is 0.167. The lowest BCUT2D eigenvalue weighted by Crippen LogP contribution is -2.31. The Bertz CT molecular complexity index is 842. The van der Waals surface area contributed by atoms with Crippen molar-refractivity contribution in [1.82, 2.24) is 10.1 Å². The van der Waals surface area contributed by atoms with E-state index in [1.807, 2.05) is 0 Å². The molecule has 0 aliphatic rings. The number of halogens is 1. The molecule has 24 heavy (non-hydrogen) atoms. The minimum atomic E-state index is -0.358. The van der Waals surface area contributed by atoms with Gasteiger partial charge in [-0.05, 0) is 32.0 Å². The van der Waals surface area contributed by atoms with Gasteiger partial charge in [0, 0.05) is 23.6 Å². The van der Waals surface area contributed by atoms with Crippen LogP contribution in [-0.2, 0) is 6.54 Å². The molecule has 0 saturated heterocycles. The van der Waals surface area contributed by atoms with E-state index in [0.29, 0.717) is 28.3 Å². The van der Waals surface area contributed by atoms with E-state index in [1.54, 1.807) is 56.6 Å². The highest BCUT2D eigenvalue weighted by atomic mass is 19.1. The van der Waals surface area contributed by atoms with Crippen molar-refractivity contribution in [3.63, 3.8) is 0 Å². The summed E-state index contributed by atoms with van der Waals surface area (Å²) in [5.41, 5.74) is 1.95. The van der Waals surface area contributed by atoms with E-state index < -0.39 is 0 Å². The Kier molecular flexibility index (Phi) is 4.37. The molecule has 1 amide bonds. The molecule has 0 fully saturated rings. The first-order chi connectivity index (χ1) is 11.6. The summed E-state index contributed by atoms with van der Waals surface area (Å²) in [6.07, 6.45) is 3.18. The van der Waals surface area contributed by atoms with E-state index in [9.17, 15) is 9.18 Å². The summed E-state index contributed by atoms with van der Waals surface area (Å²) in [6, 6.07) is 9.80. The molecule has 3 rings (SSSR count). The minimum Gasteiger partial charge on any atom is -0.361 e. The van der Waals surface area contributed by atoms with Gasteiger partial charge in [0.2, 0.25) is 0 Å². The molecule has 0 spiro atoms. The number of anilines is 1. The number of benzene rings is 1. The third-order valence-corrected chi connectivity index (χ3v) is 3.75. The molecule has 3 aromatic rings. The minimum absolute atomic E-state index is 0.0968. The number of aromatic nitrogens is 2. The van der Waals surface area contributed by atoms with Crippen molar-refractivity contribution in [2.24, 2.45) is 0 Å². The van der Waals surface area contributed by atoms with E-state index in [0.717, 1.165) is 0 Å². The topological polar surface area (TPSA) is 59.2 Å². The van der Waals surface area contributed by atoms with Gasteiger partial charge in [0.05, 0.1) is 12.2 Å². The molecule has 122 valence electrons. The summed E-state index contributed by atoms with van der Waals surface area (Å²) in [4.78, 5) is 18.5. The monoisotopic (exact) mass is 325 g/mol. The Morgan fingerprint density at radius 1 is 1.17 bits per heavy atom. The molecule has 0 N–H and O–H groups in total. The van der Waals surface area contributed by atoms with Crippen molar-refractivity contribution in [2.45, 2.75) is 20.4 Å². The summed E-state index contributed by atoms with van der Waals surface area (Å²) >= 11 is 0. The molecule has 0 aliphatic carbocycles. The van der Waals surface area contributed by atoms with E-state index in [2.05, 4.69) is 10.1 Å². The van der Waals surface area contributed by atoms with Crippen LogP contribution >= 0.6 is 0 Å². The van der Waals surface area contributed by atoms with Crippen LogP contribution in [0, 0.1) is 19.7 Å². The number of carbonyl (C=O) groups excluding carboxylic acids is 1. The molecule has 5 nitrogen and oxygen atoms in total. The molecule has 1 aromatic carbocycles. The Morgan fingerprint density at radius 2 is 1.88 bits per heavy atom. The summed E-state index contributed by atoms with van der Waals surface area (Å²) in [6.45, 7) is 3.48. The van der Waals surface area contributed by atoms with Crippen LogP contribution in [0.25, 0.3) is 0 Å². The first-order valence-electron chi connectivity index (χ1n) is 7.46. The Labute approximate surface area is 138 Å². The summed E-state index contributed by atoms with van der Waals surface area (Å²) in [5.74, 6) is -0.214. The molecular weight excluding hydrogens is 309 g/mol. The lowest BCUT2D eigenvalue weighted by molar-refractivity contribution is 0.0983. The number of rotatable bonds is 4. The molecule has 2 heterocycles. The van der Waals surface area contributed by atoms with Crippen molar-refractivity contribution >= 4 is 11.6 Å². The molecule has 0 saturated carbocycles. The van der Waals surface area contributed by atoms with Gasteiger partial charge < -0.3 is 9.42 Å². The lowest BCUT2D eigenvalue weighted by atomic mass is 10.1. The van der Waals surface area contributed by atoms with Gasteiger partial charge >= 0.3 is 0 Å². The van der Waals surface area contributed by atoms with Gasteiger partial charge in [0.15, 0.2) is 0 Å². The molecule has 0 unspecified atom stereocenters. The van der Waals surface area contributed by atoms with Crippen LogP contribution in [0.4, 0.5) is 10.1 Å². The van der Waals surface area contributed by atoms with Gasteiger partial charge in [-0.2, -0.15) is 0 Å². The number of nitrogens with zero attached hydrogens (tertiary/aromatic N) is 3. The van der Waals surface area contributed by atoms with Crippen molar-refractivity contribution in [2.75, 3.05) is 4.90 Å². The fourth-order valence-electron chi connectivity index (χ4n) is 2.52. The van der Waals surface area contributed by atoms with Gasteiger partial charge in [0.25, 0.3) is 5.91 Å². The van der Waals surface area contributed by atoms with Crippen LogP contribution in [0.5, 0.6) is 0 Å². The van der Waals surface area contributed by atoms with Crippen molar-refractivity contribution in [1.29, 1.82) is 0 Å².